The van der Waals surface area contributed by atoms with Crippen LogP contribution in [-0.4, -0.2) is 38.1 Å². The summed E-state index contributed by atoms with van der Waals surface area (Å²) in [4.78, 5) is 0. The smallest absolute Gasteiger partial charge is 0.211 e. The summed E-state index contributed by atoms with van der Waals surface area (Å²) < 4.78 is 23.7. The summed E-state index contributed by atoms with van der Waals surface area (Å²) in [5, 5.41) is 0. The Balaban J connectivity index is 2.58. The highest BCUT2D eigenvalue weighted by Gasteiger charge is 2.30. The fraction of sp³-hybridized carbons (Fsp3) is 1.00. The highest BCUT2D eigenvalue weighted by Crippen LogP contribution is 2.20. The van der Waals surface area contributed by atoms with Gasteiger partial charge in [-0.15, -0.1) is 0 Å². The third-order valence-corrected chi connectivity index (χ3v) is 3.67. The molecule has 0 aliphatic carbocycles. The van der Waals surface area contributed by atoms with E-state index in [-0.39, 0.29) is 6.04 Å². The van der Waals surface area contributed by atoms with E-state index >= 15 is 0 Å². The molecule has 0 saturated carbocycles. The lowest BCUT2D eigenvalue weighted by molar-refractivity contribution is 0.431. The van der Waals surface area contributed by atoms with Gasteiger partial charge in [-0.3, -0.25) is 0 Å². The van der Waals surface area contributed by atoms with Gasteiger partial charge in [0.25, 0.3) is 0 Å². The van der Waals surface area contributed by atoms with Crippen LogP contribution in [0.4, 0.5) is 0 Å². The van der Waals surface area contributed by atoms with Crippen molar-refractivity contribution in [2.75, 3.05) is 19.3 Å². The van der Waals surface area contributed by atoms with Crippen molar-refractivity contribution in [3.05, 3.63) is 0 Å². The fourth-order valence-corrected chi connectivity index (χ4v) is 2.38. The largest absolute Gasteiger partial charge is 0.328 e. The van der Waals surface area contributed by atoms with Crippen LogP contribution in [0.5, 0.6) is 0 Å². The molecule has 2 atom stereocenters. The summed E-state index contributed by atoms with van der Waals surface area (Å²) >= 11 is 0. The second-order valence-corrected chi connectivity index (χ2v) is 5.51. The van der Waals surface area contributed by atoms with Crippen LogP contribution in [0.25, 0.3) is 0 Å². The van der Waals surface area contributed by atoms with E-state index in [2.05, 4.69) is 0 Å². The average molecular weight is 192 g/mol. The first-order valence-corrected chi connectivity index (χ1v) is 5.97. The molecule has 1 saturated heterocycles. The van der Waals surface area contributed by atoms with Crippen molar-refractivity contribution < 1.29 is 8.42 Å². The van der Waals surface area contributed by atoms with Crippen molar-refractivity contribution in [2.45, 2.75) is 19.4 Å². The Bertz CT molecular complexity index is 248. The van der Waals surface area contributed by atoms with Crippen LogP contribution < -0.4 is 5.73 Å². The Hall–Kier alpha value is -0.130. The van der Waals surface area contributed by atoms with Gasteiger partial charge in [-0.05, 0) is 19.3 Å². The maximum absolute atomic E-state index is 11.1. The zero-order valence-electron chi connectivity index (χ0n) is 7.53. The van der Waals surface area contributed by atoms with Crippen LogP contribution >= 0.6 is 0 Å². The van der Waals surface area contributed by atoms with Gasteiger partial charge in [0.05, 0.1) is 6.26 Å². The van der Waals surface area contributed by atoms with E-state index in [0.717, 1.165) is 6.42 Å². The summed E-state index contributed by atoms with van der Waals surface area (Å²) in [7, 11) is -2.99. The molecular formula is C7H16N2O2S. The van der Waals surface area contributed by atoms with E-state index in [9.17, 15) is 8.42 Å². The Kier molecular flexibility index (Phi) is 2.75. The molecule has 0 spiro atoms. The minimum atomic E-state index is -2.99. The van der Waals surface area contributed by atoms with Gasteiger partial charge in [0, 0.05) is 19.1 Å². The average Bonchev–Trinajstić information content (AvgIpc) is 2.30. The zero-order valence-corrected chi connectivity index (χ0v) is 8.34. The van der Waals surface area contributed by atoms with Gasteiger partial charge in [0.15, 0.2) is 0 Å². The standard InChI is InChI=1S/C7H16N2O2S/c1-6(8)7-3-4-9(5-7)12(2,10)11/h6-7H,3-5,8H2,1-2H3. The zero-order chi connectivity index (χ0) is 9.35. The van der Waals surface area contributed by atoms with Gasteiger partial charge in [0.1, 0.15) is 0 Å². The van der Waals surface area contributed by atoms with E-state index in [1.165, 1.54) is 10.6 Å². The molecular weight excluding hydrogens is 176 g/mol. The van der Waals surface area contributed by atoms with Gasteiger partial charge in [0.2, 0.25) is 10.0 Å². The molecule has 1 aliphatic rings. The van der Waals surface area contributed by atoms with Gasteiger partial charge in [-0.25, -0.2) is 12.7 Å². The number of sulfonamides is 1. The molecule has 0 amide bonds. The molecule has 4 nitrogen and oxygen atoms in total. The second-order valence-electron chi connectivity index (χ2n) is 3.53. The molecule has 0 radical (unpaired) electrons. The Morgan fingerprint density at radius 3 is 2.42 bits per heavy atom. The van der Waals surface area contributed by atoms with Crippen molar-refractivity contribution in [1.82, 2.24) is 4.31 Å². The summed E-state index contributed by atoms with van der Waals surface area (Å²) in [6.07, 6.45) is 2.14. The van der Waals surface area contributed by atoms with E-state index in [1.807, 2.05) is 6.92 Å². The topological polar surface area (TPSA) is 63.4 Å². The molecule has 0 aromatic heterocycles. The van der Waals surface area contributed by atoms with Crippen molar-refractivity contribution in [3.63, 3.8) is 0 Å². The van der Waals surface area contributed by atoms with Crippen LogP contribution in [0, 0.1) is 5.92 Å². The van der Waals surface area contributed by atoms with E-state index in [0.29, 0.717) is 19.0 Å². The normalized spacial score (nSPS) is 29.1. The molecule has 0 aromatic rings. The van der Waals surface area contributed by atoms with Crippen LogP contribution in [0.1, 0.15) is 13.3 Å². The highest BCUT2D eigenvalue weighted by molar-refractivity contribution is 7.88. The monoisotopic (exact) mass is 192 g/mol. The lowest BCUT2D eigenvalue weighted by atomic mass is 10.0. The van der Waals surface area contributed by atoms with E-state index in [4.69, 9.17) is 5.73 Å². The van der Waals surface area contributed by atoms with Crippen LogP contribution in [0.15, 0.2) is 0 Å². The Morgan fingerprint density at radius 1 is 1.58 bits per heavy atom. The predicted octanol–water partition coefficient (Wildman–Crippen LogP) is -0.385. The molecule has 72 valence electrons. The van der Waals surface area contributed by atoms with Crippen molar-refractivity contribution in [1.29, 1.82) is 0 Å². The van der Waals surface area contributed by atoms with Crippen LogP contribution in [-0.2, 0) is 10.0 Å². The highest BCUT2D eigenvalue weighted by atomic mass is 32.2. The van der Waals surface area contributed by atoms with Crippen LogP contribution in [0.2, 0.25) is 0 Å². The first-order valence-electron chi connectivity index (χ1n) is 4.12. The number of hydrogen-bond donors (Lipinski definition) is 1. The fourth-order valence-electron chi connectivity index (χ4n) is 1.48. The molecule has 5 heteroatoms. The molecule has 2 unspecified atom stereocenters. The SMILES string of the molecule is CC(N)C1CCN(S(C)(=O)=O)C1. The lowest BCUT2D eigenvalue weighted by Crippen LogP contribution is -2.32. The van der Waals surface area contributed by atoms with Crippen LogP contribution in [0.3, 0.4) is 0 Å². The third kappa shape index (κ3) is 2.18. The maximum atomic E-state index is 11.1. The quantitative estimate of drug-likeness (QED) is 0.648. The molecule has 0 bridgehead atoms. The van der Waals surface area contributed by atoms with Crippen molar-refractivity contribution in [3.8, 4) is 0 Å². The number of nitrogens with zero attached hydrogens (tertiary/aromatic N) is 1. The summed E-state index contributed by atoms with van der Waals surface area (Å²) in [5.41, 5.74) is 5.68. The van der Waals surface area contributed by atoms with E-state index in [1.54, 1.807) is 0 Å². The molecule has 0 aromatic carbocycles. The molecule has 1 aliphatic heterocycles. The number of nitrogens with two attached hydrogens (primary N) is 1. The lowest BCUT2D eigenvalue weighted by Gasteiger charge is -2.15. The van der Waals surface area contributed by atoms with Gasteiger partial charge < -0.3 is 5.73 Å². The summed E-state index contributed by atoms with van der Waals surface area (Å²) in [5.74, 6) is 0.333. The maximum Gasteiger partial charge on any atom is 0.211 e. The molecule has 1 fully saturated rings. The van der Waals surface area contributed by atoms with Crippen molar-refractivity contribution >= 4 is 10.0 Å². The minimum absolute atomic E-state index is 0.0942. The first-order chi connectivity index (χ1) is 5.41. The number of hydrogen-bond acceptors (Lipinski definition) is 3. The predicted molar refractivity (Wildman–Crippen MR) is 48.2 cm³/mol. The molecule has 2 N–H and O–H groups in total. The Labute approximate surface area is 73.8 Å². The molecule has 1 rings (SSSR count). The second kappa shape index (κ2) is 3.32. The van der Waals surface area contributed by atoms with Gasteiger partial charge in [-0.2, -0.15) is 0 Å². The van der Waals surface area contributed by atoms with Gasteiger partial charge >= 0.3 is 0 Å². The van der Waals surface area contributed by atoms with Crippen molar-refractivity contribution in [2.24, 2.45) is 11.7 Å². The summed E-state index contributed by atoms with van der Waals surface area (Å²) in [6.45, 7) is 3.15. The minimum Gasteiger partial charge on any atom is -0.328 e. The third-order valence-electron chi connectivity index (χ3n) is 2.40. The van der Waals surface area contributed by atoms with Gasteiger partial charge in [-0.1, -0.05) is 0 Å². The Morgan fingerprint density at radius 2 is 2.17 bits per heavy atom. The summed E-state index contributed by atoms with van der Waals surface area (Å²) in [6, 6.07) is 0.0942. The first kappa shape index (κ1) is 9.95. The molecule has 12 heavy (non-hydrogen) atoms. The van der Waals surface area contributed by atoms with E-state index < -0.39 is 10.0 Å². The number of rotatable bonds is 2. The molecule has 1 heterocycles.